The van der Waals surface area contributed by atoms with Crippen molar-refractivity contribution in [3.63, 3.8) is 0 Å². The van der Waals surface area contributed by atoms with Crippen LogP contribution in [0.15, 0.2) is 24.4 Å². The van der Waals surface area contributed by atoms with Gasteiger partial charge in [-0.25, -0.2) is 9.18 Å². The van der Waals surface area contributed by atoms with E-state index >= 15 is 0 Å². The first-order chi connectivity index (χ1) is 11.6. The highest BCUT2D eigenvalue weighted by Gasteiger charge is 2.32. The maximum absolute atomic E-state index is 15.0. The number of halogens is 2. The Hall–Kier alpha value is -2.08. The molecule has 0 saturated carbocycles. The minimum atomic E-state index is -0.346. The molecule has 3 heterocycles. The number of piperidine rings is 1. The van der Waals surface area contributed by atoms with Gasteiger partial charge in [0.25, 0.3) is 0 Å². The first kappa shape index (κ1) is 15.4. The molecule has 24 heavy (non-hydrogen) atoms. The summed E-state index contributed by atoms with van der Waals surface area (Å²) in [5.74, 6) is -0.346. The second-order valence-electron chi connectivity index (χ2n) is 6.26. The predicted molar refractivity (Wildman–Crippen MR) is 92.1 cm³/mol. The van der Waals surface area contributed by atoms with Gasteiger partial charge in [0.1, 0.15) is 5.52 Å². The Morgan fingerprint density at radius 3 is 2.96 bits per heavy atom. The molecule has 2 aromatic rings. The van der Waals surface area contributed by atoms with Gasteiger partial charge in [0.15, 0.2) is 5.82 Å². The number of aromatic nitrogens is 1. The van der Waals surface area contributed by atoms with E-state index in [2.05, 4.69) is 10.3 Å². The highest BCUT2D eigenvalue weighted by atomic mass is 35.5. The van der Waals surface area contributed by atoms with Gasteiger partial charge >= 0.3 is 6.03 Å². The summed E-state index contributed by atoms with van der Waals surface area (Å²) in [7, 11) is 0. The van der Waals surface area contributed by atoms with Crippen LogP contribution in [0.4, 0.5) is 14.9 Å². The number of nitrogens with one attached hydrogen (secondary N) is 1. The number of amides is 2. The van der Waals surface area contributed by atoms with Crippen molar-refractivity contribution in [2.75, 3.05) is 31.1 Å². The van der Waals surface area contributed by atoms with Gasteiger partial charge in [-0.3, -0.25) is 4.98 Å². The molecule has 126 valence electrons. The van der Waals surface area contributed by atoms with Crippen LogP contribution in [0.25, 0.3) is 10.9 Å². The number of nitrogens with zero attached hydrogens (tertiary/aromatic N) is 3. The Kier molecular flexibility index (Phi) is 3.92. The maximum atomic E-state index is 15.0. The average Bonchev–Trinajstić information content (AvgIpc) is 3.02. The van der Waals surface area contributed by atoms with Gasteiger partial charge in [0.05, 0.1) is 16.8 Å². The summed E-state index contributed by atoms with van der Waals surface area (Å²) in [5, 5.41) is 3.95. The van der Waals surface area contributed by atoms with Crippen LogP contribution >= 0.6 is 11.6 Å². The van der Waals surface area contributed by atoms with Gasteiger partial charge in [-0.1, -0.05) is 11.6 Å². The Morgan fingerprint density at radius 2 is 2.17 bits per heavy atom. The third-order valence-corrected chi connectivity index (χ3v) is 5.17. The van der Waals surface area contributed by atoms with Crippen LogP contribution in [0.3, 0.4) is 0 Å². The molecule has 1 atom stereocenters. The summed E-state index contributed by atoms with van der Waals surface area (Å²) in [5.41, 5.74) is 0.822. The minimum absolute atomic E-state index is 0.0192. The Bertz CT molecular complexity index is 799. The van der Waals surface area contributed by atoms with Crippen molar-refractivity contribution >= 4 is 34.2 Å². The SMILES string of the molecule is O=C1NCCN1C1CCCN(c2ccc3c(Cl)ccnc3c2F)C1. The second-order valence-corrected chi connectivity index (χ2v) is 6.66. The topological polar surface area (TPSA) is 48.5 Å². The van der Waals surface area contributed by atoms with Crippen LogP contribution in [-0.4, -0.2) is 48.1 Å². The van der Waals surface area contributed by atoms with Gasteiger partial charge < -0.3 is 15.1 Å². The first-order valence-corrected chi connectivity index (χ1v) is 8.55. The van der Waals surface area contributed by atoms with Crippen molar-refractivity contribution in [1.29, 1.82) is 0 Å². The number of pyridine rings is 1. The minimum Gasteiger partial charge on any atom is -0.367 e. The quantitative estimate of drug-likeness (QED) is 0.907. The number of urea groups is 1. The molecule has 0 aliphatic carbocycles. The monoisotopic (exact) mass is 348 g/mol. The highest BCUT2D eigenvalue weighted by molar-refractivity contribution is 6.35. The van der Waals surface area contributed by atoms with Crippen LogP contribution in [0.2, 0.25) is 5.02 Å². The molecule has 1 aromatic carbocycles. The van der Waals surface area contributed by atoms with E-state index in [4.69, 9.17) is 11.6 Å². The third kappa shape index (κ3) is 2.55. The molecule has 5 nitrogen and oxygen atoms in total. The van der Waals surface area contributed by atoms with Gasteiger partial charge in [0, 0.05) is 37.8 Å². The molecular weight excluding hydrogens is 331 g/mol. The van der Waals surface area contributed by atoms with Gasteiger partial charge in [0.2, 0.25) is 0 Å². The van der Waals surface area contributed by atoms with Crippen molar-refractivity contribution in [2.45, 2.75) is 18.9 Å². The molecule has 0 bridgehead atoms. The number of hydrogen-bond acceptors (Lipinski definition) is 3. The summed E-state index contributed by atoms with van der Waals surface area (Å²) in [4.78, 5) is 19.9. The number of carbonyl (C=O) groups is 1. The van der Waals surface area contributed by atoms with Crippen LogP contribution in [0.1, 0.15) is 12.8 Å². The van der Waals surface area contributed by atoms with E-state index in [0.717, 1.165) is 19.4 Å². The van der Waals surface area contributed by atoms with E-state index in [1.54, 1.807) is 12.1 Å². The van der Waals surface area contributed by atoms with E-state index in [1.165, 1.54) is 6.20 Å². The van der Waals surface area contributed by atoms with E-state index in [0.29, 0.717) is 41.2 Å². The van der Waals surface area contributed by atoms with E-state index in [-0.39, 0.29) is 17.9 Å². The van der Waals surface area contributed by atoms with Crippen molar-refractivity contribution < 1.29 is 9.18 Å². The summed E-state index contributed by atoms with van der Waals surface area (Å²) in [6.45, 7) is 2.81. The number of anilines is 1. The molecule has 2 aliphatic rings. The Labute approximate surface area is 144 Å². The molecule has 0 radical (unpaired) electrons. The largest absolute Gasteiger partial charge is 0.367 e. The standard InChI is InChI=1S/C17H18ClFN4O/c18-13-5-6-20-16-12(13)3-4-14(15(16)19)22-8-1-2-11(10-22)23-9-7-21-17(23)24/h3-6,11H,1-2,7-10H2,(H,21,24). The van der Waals surface area contributed by atoms with E-state index < -0.39 is 0 Å². The fraction of sp³-hybridized carbons (Fsp3) is 0.412. The van der Waals surface area contributed by atoms with Crippen LogP contribution in [0, 0.1) is 5.82 Å². The van der Waals surface area contributed by atoms with Crippen molar-refractivity contribution in [3.8, 4) is 0 Å². The lowest BCUT2D eigenvalue weighted by Crippen LogP contribution is -2.49. The fourth-order valence-electron chi connectivity index (χ4n) is 3.65. The zero-order valence-electron chi connectivity index (χ0n) is 13.1. The molecule has 1 unspecified atom stereocenters. The smallest absolute Gasteiger partial charge is 0.317 e. The van der Waals surface area contributed by atoms with E-state index in [9.17, 15) is 9.18 Å². The maximum Gasteiger partial charge on any atom is 0.317 e. The Morgan fingerprint density at radius 1 is 1.29 bits per heavy atom. The molecule has 2 aliphatic heterocycles. The first-order valence-electron chi connectivity index (χ1n) is 8.17. The lowest BCUT2D eigenvalue weighted by Gasteiger charge is -2.38. The summed E-state index contributed by atoms with van der Waals surface area (Å²) in [6.07, 6.45) is 3.39. The molecule has 2 amide bonds. The van der Waals surface area contributed by atoms with Crippen LogP contribution in [0.5, 0.6) is 0 Å². The number of fused-ring (bicyclic) bond motifs is 1. The van der Waals surface area contributed by atoms with Gasteiger partial charge in [-0.05, 0) is 31.0 Å². The lowest BCUT2D eigenvalue weighted by molar-refractivity contribution is 0.189. The van der Waals surface area contributed by atoms with Crippen molar-refractivity contribution in [2.24, 2.45) is 0 Å². The van der Waals surface area contributed by atoms with Gasteiger partial charge in [-0.2, -0.15) is 0 Å². The second kappa shape index (κ2) is 6.09. The third-order valence-electron chi connectivity index (χ3n) is 4.85. The molecule has 4 rings (SSSR count). The van der Waals surface area contributed by atoms with Crippen LogP contribution < -0.4 is 10.2 Å². The summed E-state index contributed by atoms with van der Waals surface area (Å²) >= 11 is 6.12. The average molecular weight is 349 g/mol. The molecule has 2 fully saturated rings. The fourth-order valence-corrected chi connectivity index (χ4v) is 3.86. The summed E-state index contributed by atoms with van der Waals surface area (Å²) in [6, 6.07) is 5.33. The van der Waals surface area contributed by atoms with Crippen molar-refractivity contribution in [3.05, 3.63) is 35.2 Å². The highest BCUT2D eigenvalue weighted by Crippen LogP contribution is 2.32. The van der Waals surface area contributed by atoms with E-state index in [1.807, 2.05) is 15.9 Å². The zero-order valence-corrected chi connectivity index (χ0v) is 13.9. The molecule has 1 N–H and O–H groups in total. The molecule has 1 aromatic heterocycles. The number of carbonyl (C=O) groups excluding carboxylic acids is 1. The normalized spacial score (nSPS) is 21.4. The number of benzene rings is 1. The number of rotatable bonds is 2. The summed E-state index contributed by atoms with van der Waals surface area (Å²) < 4.78 is 15.0. The van der Waals surface area contributed by atoms with Gasteiger partial charge in [-0.15, -0.1) is 0 Å². The predicted octanol–water partition coefficient (Wildman–Crippen LogP) is 3.02. The lowest BCUT2D eigenvalue weighted by atomic mass is 10.0. The van der Waals surface area contributed by atoms with Crippen LogP contribution in [-0.2, 0) is 0 Å². The Balaban J connectivity index is 1.64. The molecule has 2 saturated heterocycles. The van der Waals surface area contributed by atoms with Crippen molar-refractivity contribution in [1.82, 2.24) is 15.2 Å². The molecule has 0 spiro atoms. The molecule has 7 heteroatoms. The zero-order chi connectivity index (χ0) is 16.7. The number of hydrogen-bond donors (Lipinski definition) is 1. The molecular formula is C17H18ClFN4O.